The molecule has 1 amide bonds. The summed E-state index contributed by atoms with van der Waals surface area (Å²) in [7, 11) is 0. The van der Waals surface area contributed by atoms with Crippen LogP contribution in [0.15, 0.2) is 4.99 Å². The molecule has 2 heterocycles. The summed E-state index contributed by atoms with van der Waals surface area (Å²) >= 11 is 0. The van der Waals surface area contributed by atoms with Gasteiger partial charge in [-0.1, -0.05) is 26.7 Å². The second-order valence-electron chi connectivity index (χ2n) is 9.57. The van der Waals surface area contributed by atoms with Crippen LogP contribution in [0, 0.1) is 11.8 Å². The number of carbonyl (C=O) groups excluding carboxylic acids is 1. The Balaban J connectivity index is 1.39. The number of hydrogen-bond donors (Lipinski definition) is 1. The van der Waals surface area contributed by atoms with E-state index in [1.54, 1.807) is 0 Å². The Morgan fingerprint density at radius 3 is 2.13 bits per heavy atom. The molecule has 30 heavy (non-hydrogen) atoms. The second-order valence-corrected chi connectivity index (χ2v) is 9.57. The zero-order valence-corrected chi connectivity index (χ0v) is 19.6. The van der Waals surface area contributed by atoms with Crippen molar-refractivity contribution in [3.8, 4) is 0 Å². The zero-order valence-electron chi connectivity index (χ0n) is 19.6. The minimum absolute atomic E-state index is 0.310. The number of hydrogen-bond acceptors (Lipinski definition) is 4. The molecule has 3 rings (SSSR count). The lowest BCUT2D eigenvalue weighted by Gasteiger charge is -2.37. The third kappa shape index (κ3) is 6.84. The van der Waals surface area contributed by atoms with E-state index in [0.717, 1.165) is 96.7 Å². The Bertz CT molecular complexity index is 544. The van der Waals surface area contributed by atoms with Crippen LogP contribution in [-0.2, 0) is 4.79 Å². The monoisotopic (exact) mass is 420 g/mol. The number of carbonyl (C=O) groups is 1. The summed E-state index contributed by atoms with van der Waals surface area (Å²) in [6, 6.07) is 0. The largest absolute Gasteiger partial charge is 0.357 e. The molecule has 2 saturated heterocycles. The normalized spacial score (nSPS) is 22.9. The van der Waals surface area contributed by atoms with Gasteiger partial charge in [-0.3, -0.25) is 19.6 Å². The van der Waals surface area contributed by atoms with Crippen LogP contribution >= 0.6 is 0 Å². The Morgan fingerprint density at radius 1 is 0.933 bits per heavy atom. The van der Waals surface area contributed by atoms with Crippen molar-refractivity contribution in [2.24, 2.45) is 16.8 Å². The first-order valence-corrected chi connectivity index (χ1v) is 12.3. The molecule has 0 aromatic carbocycles. The number of amides is 1. The summed E-state index contributed by atoms with van der Waals surface area (Å²) < 4.78 is 0. The molecule has 0 spiro atoms. The number of piperazine rings is 2. The number of aliphatic imine (C=N–C) groups is 1. The highest BCUT2D eigenvalue weighted by atomic mass is 16.2. The van der Waals surface area contributed by atoms with E-state index in [-0.39, 0.29) is 0 Å². The van der Waals surface area contributed by atoms with Crippen LogP contribution in [0.3, 0.4) is 0 Å². The lowest BCUT2D eigenvalue weighted by atomic mass is 10.1. The van der Waals surface area contributed by atoms with Crippen molar-refractivity contribution in [2.45, 2.75) is 46.5 Å². The Hall–Kier alpha value is -1.34. The first-order chi connectivity index (χ1) is 14.6. The van der Waals surface area contributed by atoms with Gasteiger partial charge in [0, 0.05) is 77.9 Å². The number of guanidine groups is 1. The minimum atomic E-state index is 0.310. The standard InChI is InChI=1S/C23H44N6O/c1-4-24-23(29-17-13-27(14-18-29)19-20(2)3)25-9-10-26-11-15-28(16-12-26)22(30)21-7-5-6-8-21/h20-21H,4-19H2,1-3H3,(H,24,25). The molecular weight excluding hydrogens is 376 g/mol. The number of nitrogens with zero attached hydrogens (tertiary/aromatic N) is 5. The molecule has 3 aliphatic rings. The van der Waals surface area contributed by atoms with Crippen LogP contribution in [0.2, 0.25) is 0 Å². The first kappa shape index (κ1) is 23.3. The fourth-order valence-corrected chi connectivity index (χ4v) is 5.00. The lowest BCUT2D eigenvalue weighted by Crippen LogP contribution is -2.53. The smallest absolute Gasteiger partial charge is 0.225 e. The average Bonchev–Trinajstić information content (AvgIpc) is 3.28. The van der Waals surface area contributed by atoms with Crippen LogP contribution in [0.1, 0.15) is 46.5 Å². The first-order valence-electron chi connectivity index (χ1n) is 12.3. The topological polar surface area (TPSA) is 54.4 Å². The lowest BCUT2D eigenvalue weighted by molar-refractivity contribution is -0.137. The molecular formula is C23H44N6O. The van der Waals surface area contributed by atoms with Gasteiger partial charge in [-0.25, -0.2) is 0 Å². The molecule has 0 aromatic rings. The highest BCUT2D eigenvalue weighted by Gasteiger charge is 2.29. The molecule has 0 bridgehead atoms. The molecule has 0 aromatic heterocycles. The average molecular weight is 421 g/mol. The maximum atomic E-state index is 12.6. The van der Waals surface area contributed by atoms with E-state index >= 15 is 0 Å². The molecule has 1 aliphatic carbocycles. The molecule has 0 atom stereocenters. The Morgan fingerprint density at radius 2 is 1.53 bits per heavy atom. The Kier molecular flexibility index (Phi) is 9.25. The van der Waals surface area contributed by atoms with Crippen LogP contribution in [0.25, 0.3) is 0 Å². The van der Waals surface area contributed by atoms with Gasteiger partial charge in [-0.2, -0.15) is 0 Å². The highest BCUT2D eigenvalue weighted by Crippen LogP contribution is 2.26. The van der Waals surface area contributed by atoms with Crippen molar-refractivity contribution in [2.75, 3.05) is 78.5 Å². The van der Waals surface area contributed by atoms with Crippen LogP contribution < -0.4 is 5.32 Å². The van der Waals surface area contributed by atoms with E-state index in [1.807, 2.05) is 0 Å². The molecule has 0 unspecified atom stereocenters. The summed E-state index contributed by atoms with van der Waals surface area (Å²) in [6.07, 6.45) is 4.67. The van der Waals surface area contributed by atoms with Crippen LogP contribution in [0.4, 0.5) is 0 Å². The molecule has 1 N–H and O–H groups in total. The summed E-state index contributed by atoms with van der Waals surface area (Å²) in [5, 5.41) is 3.48. The molecule has 2 aliphatic heterocycles. The van der Waals surface area contributed by atoms with Crippen LogP contribution in [-0.4, -0.2) is 110 Å². The van der Waals surface area contributed by atoms with Crippen molar-refractivity contribution in [1.82, 2.24) is 24.9 Å². The highest BCUT2D eigenvalue weighted by molar-refractivity contribution is 5.80. The van der Waals surface area contributed by atoms with Crippen molar-refractivity contribution >= 4 is 11.9 Å². The van der Waals surface area contributed by atoms with E-state index in [4.69, 9.17) is 4.99 Å². The Labute approximate surface area is 183 Å². The van der Waals surface area contributed by atoms with Crippen molar-refractivity contribution in [3.05, 3.63) is 0 Å². The van der Waals surface area contributed by atoms with Crippen molar-refractivity contribution in [1.29, 1.82) is 0 Å². The fraction of sp³-hybridized carbons (Fsp3) is 0.913. The fourth-order valence-electron chi connectivity index (χ4n) is 5.00. The van der Waals surface area contributed by atoms with Gasteiger partial charge in [-0.15, -0.1) is 0 Å². The second kappa shape index (κ2) is 11.9. The van der Waals surface area contributed by atoms with E-state index in [1.165, 1.54) is 19.4 Å². The van der Waals surface area contributed by atoms with Crippen molar-refractivity contribution in [3.63, 3.8) is 0 Å². The van der Waals surface area contributed by atoms with Crippen LogP contribution in [0.5, 0.6) is 0 Å². The van der Waals surface area contributed by atoms with E-state index in [9.17, 15) is 4.79 Å². The van der Waals surface area contributed by atoms with E-state index in [0.29, 0.717) is 11.8 Å². The maximum absolute atomic E-state index is 12.6. The third-order valence-electron chi connectivity index (χ3n) is 6.70. The van der Waals surface area contributed by atoms with E-state index < -0.39 is 0 Å². The van der Waals surface area contributed by atoms with Gasteiger partial charge in [0.05, 0.1) is 6.54 Å². The third-order valence-corrected chi connectivity index (χ3v) is 6.70. The summed E-state index contributed by atoms with van der Waals surface area (Å²) in [4.78, 5) is 27.1. The molecule has 7 heteroatoms. The van der Waals surface area contributed by atoms with Gasteiger partial charge in [0.25, 0.3) is 0 Å². The zero-order chi connectivity index (χ0) is 21.3. The molecule has 0 radical (unpaired) electrons. The molecule has 3 fully saturated rings. The van der Waals surface area contributed by atoms with E-state index in [2.05, 4.69) is 45.7 Å². The summed E-state index contributed by atoms with van der Waals surface area (Å²) in [5.74, 6) is 2.52. The minimum Gasteiger partial charge on any atom is -0.357 e. The quantitative estimate of drug-likeness (QED) is 0.500. The maximum Gasteiger partial charge on any atom is 0.225 e. The predicted molar refractivity (Wildman–Crippen MR) is 124 cm³/mol. The summed E-state index contributed by atoms with van der Waals surface area (Å²) in [6.45, 7) is 18.7. The predicted octanol–water partition coefficient (Wildman–Crippen LogP) is 1.56. The van der Waals surface area contributed by atoms with Gasteiger partial charge in [0.15, 0.2) is 5.96 Å². The summed E-state index contributed by atoms with van der Waals surface area (Å²) in [5.41, 5.74) is 0. The van der Waals surface area contributed by atoms with Gasteiger partial charge < -0.3 is 15.1 Å². The molecule has 1 saturated carbocycles. The molecule has 7 nitrogen and oxygen atoms in total. The van der Waals surface area contributed by atoms with Gasteiger partial charge in [0.1, 0.15) is 0 Å². The number of nitrogens with one attached hydrogen (secondary N) is 1. The van der Waals surface area contributed by atoms with Crippen molar-refractivity contribution < 1.29 is 4.79 Å². The SMILES string of the molecule is CCNC(=NCCN1CCN(C(=O)C2CCCC2)CC1)N1CCN(CC(C)C)CC1. The number of rotatable bonds is 7. The van der Waals surface area contributed by atoms with Gasteiger partial charge >= 0.3 is 0 Å². The van der Waals surface area contributed by atoms with Gasteiger partial charge in [-0.05, 0) is 25.7 Å². The molecule has 172 valence electrons. The van der Waals surface area contributed by atoms with Gasteiger partial charge in [0.2, 0.25) is 5.91 Å².